The average Bonchev–Trinajstić information content (AvgIpc) is 3.39. The van der Waals surface area contributed by atoms with Crippen molar-refractivity contribution in [2.45, 2.75) is 25.6 Å². The highest BCUT2D eigenvalue weighted by atomic mass is 16.5. The predicted molar refractivity (Wildman–Crippen MR) is 136 cm³/mol. The number of hydrogen-bond acceptors (Lipinski definition) is 3. The molecule has 4 aromatic rings. The zero-order chi connectivity index (χ0) is 23.9. The van der Waals surface area contributed by atoms with Crippen molar-refractivity contribution in [2.75, 3.05) is 27.3 Å². The van der Waals surface area contributed by atoms with Crippen LogP contribution >= 0.6 is 0 Å². The van der Waals surface area contributed by atoms with E-state index in [-0.39, 0.29) is 12.1 Å². The van der Waals surface area contributed by atoms with E-state index in [1.807, 2.05) is 41.3 Å². The lowest BCUT2D eigenvalue weighted by Gasteiger charge is -2.30. The lowest BCUT2D eigenvalue weighted by atomic mass is 9.98. The SMILES string of the molecule is COc1ccc(CN2CC3c4c(c5ccccc5n4Cc4ccc(OC)cc4)CCN3C2=O)cc1. The van der Waals surface area contributed by atoms with Crippen LogP contribution in [0.25, 0.3) is 10.9 Å². The summed E-state index contributed by atoms with van der Waals surface area (Å²) >= 11 is 0. The summed E-state index contributed by atoms with van der Waals surface area (Å²) in [6, 6.07) is 25.1. The molecule has 3 heterocycles. The first-order valence-electron chi connectivity index (χ1n) is 12.1. The summed E-state index contributed by atoms with van der Waals surface area (Å²) in [6.07, 6.45) is 0.879. The fraction of sp³-hybridized carbons (Fsp3) is 0.276. The second kappa shape index (κ2) is 8.69. The number of ether oxygens (including phenoxy) is 2. The highest BCUT2D eigenvalue weighted by Crippen LogP contribution is 2.41. The zero-order valence-corrected chi connectivity index (χ0v) is 20.1. The van der Waals surface area contributed by atoms with E-state index in [2.05, 4.69) is 45.9 Å². The second-order valence-electron chi connectivity index (χ2n) is 9.29. The van der Waals surface area contributed by atoms with Gasteiger partial charge in [-0.3, -0.25) is 0 Å². The molecule has 6 heteroatoms. The molecule has 6 nitrogen and oxygen atoms in total. The first kappa shape index (κ1) is 21.6. The summed E-state index contributed by atoms with van der Waals surface area (Å²) < 4.78 is 13.0. The van der Waals surface area contributed by atoms with Crippen LogP contribution in [0.5, 0.6) is 11.5 Å². The van der Waals surface area contributed by atoms with E-state index in [4.69, 9.17) is 9.47 Å². The number of carbonyl (C=O) groups excluding carboxylic acids is 1. The minimum Gasteiger partial charge on any atom is -0.497 e. The molecule has 3 aromatic carbocycles. The lowest BCUT2D eigenvalue weighted by molar-refractivity contribution is 0.182. The van der Waals surface area contributed by atoms with E-state index in [1.54, 1.807) is 14.2 Å². The van der Waals surface area contributed by atoms with Gasteiger partial charge in [0.2, 0.25) is 0 Å². The van der Waals surface area contributed by atoms with E-state index in [0.29, 0.717) is 13.1 Å². The smallest absolute Gasteiger partial charge is 0.321 e. The molecular weight excluding hydrogens is 438 g/mol. The van der Waals surface area contributed by atoms with Crippen LogP contribution < -0.4 is 9.47 Å². The molecule has 0 saturated carbocycles. The standard InChI is InChI=1S/C29H29N3O3/c1-34-22-11-7-20(8-12-22)17-30-19-27-28-25(15-16-31(27)29(30)33)24-5-3-4-6-26(24)32(28)18-21-9-13-23(35-2)14-10-21/h3-14,27H,15-19H2,1-2H3. The molecule has 1 unspecified atom stereocenters. The number of amides is 2. The molecule has 1 saturated heterocycles. The summed E-state index contributed by atoms with van der Waals surface area (Å²) in [4.78, 5) is 17.5. The van der Waals surface area contributed by atoms with Crippen LogP contribution in [-0.2, 0) is 19.5 Å². The van der Waals surface area contributed by atoms with Gasteiger partial charge in [-0.1, -0.05) is 42.5 Å². The molecule has 0 radical (unpaired) electrons. The van der Waals surface area contributed by atoms with Gasteiger partial charge in [0.05, 0.1) is 20.3 Å². The van der Waals surface area contributed by atoms with Crippen molar-refractivity contribution in [1.29, 1.82) is 0 Å². The first-order valence-corrected chi connectivity index (χ1v) is 12.1. The van der Waals surface area contributed by atoms with E-state index < -0.39 is 0 Å². The summed E-state index contributed by atoms with van der Waals surface area (Å²) in [6.45, 7) is 2.81. The van der Waals surface area contributed by atoms with Crippen LogP contribution in [0.2, 0.25) is 0 Å². The van der Waals surface area contributed by atoms with Crippen molar-refractivity contribution in [1.82, 2.24) is 14.4 Å². The maximum atomic E-state index is 13.4. The molecule has 0 N–H and O–H groups in total. The number of hydrogen-bond donors (Lipinski definition) is 0. The maximum absolute atomic E-state index is 13.4. The van der Waals surface area contributed by atoms with Gasteiger partial charge >= 0.3 is 6.03 Å². The third-order valence-electron chi connectivity index (χ3n) is 7.36. The number of fused-ring (bicyclic) bond motifs is 5. The number of urea groups is 1. The Hall–Kier alpha value is -3.93. The van der Waals surface area contributed by atoms with Gasteiger partial charge < -0.3 is 23.8 Å². The van der Waals surface area contributed by atoms with Gasteiger partial charge in [0, 0.05) is 42.8 Å². The third kappa shape index (κ3) is 3.70. The number of aromatic nitrogens is 1. The van der Waals surface area contributed by atoms with Crippen LogP contribution in [0, 0.1) is 0 Å². The highest BCUT2D eigenvalue weighted by Gasteiger charge is 2.43. The number of nitrogens with zero attached hydrogens (tertiary/aromatic N) is 3. The van der Waals surface area contributed by atoms with Crippen molar-refractivity contribution < 1.29 is 14.3 Å². The summed E-state index contributed by atoms with van der Waals surface area (Å²) in [5, 5.41) is 1.30. The normalized spacial score (nSPS) is 17.0. The molecule has 1 atom stereocenters. The minimum absolute atomic E-state index is 0.0511. The Labute approximate surface area is 205 Å². The van der Waals surface area contributed by atoms with Crippen molar-refractivity contribution in [3.05, 3.63) is 95.2 Å². The summed E-state index contributed by atoms with van der Waals surface area (Å²) in [7, 11) is 3.35. The Morgan fingerprint density at radius 1 is 0.829 bits per heavy atom. The number of carbonyl (C=O) groups is 1. The van der Waals surface area contributed by atoms with Gasteiger partial charge in [-0.05, 0) is 53.4 Å². The lowest BCUT2D eigenvalue weighted by Crippen LogP contribution is -2.37. The van der Waals surface area contributed by atoms with Crippen LogP contribution in [0.15, 0.2) is 72.8 Å². The van der Waals surface area contributed by atoms with Gasteiger partial charge in [-0.2, -0.15) is 0 Å². The first-order chi connectivity index (χ1) is 17.2. The number of rotatable bonds is 6. The molecular formula is C29H29N3O3. The van der Waals surface area contributed by atoms with Gasteiger partial charge in [-0.15, -0.1) is 0 Å². The van der Waals surface area contributed by atoms with Gasteiger partial charge in [0.25, 0.3) is 0 Å². The van der Waals surface area contributed by atoms with E-state index in [9.17, 15) is 4.79 Å². The molecule has 2 aliphatic heterocycles. The zero-order valence-electron chi connectivity index (χ0n) is 20.1. The van der Waals surface area contributed by atoms with Crippen LogP contribution in [-0.4, -0.2) is 47.7 Å². The Bertz CT molecular complexity index is 1380. The van der Waals surface area contributed by atoms with Crippen LogP contribution in [0.4, 0.5) is 4.79 Å². The molecule has 1 aromatic heterocycles. The predicted octanol–water partition coefficient (Wildman–Crippen LogP) is 5.24. The molecule has 0 bridgehead atoms. The second-order valence-corrected chi connectivity index (χ2v) is 9.29. The molecule has 2 aliphatic rings. The van der Waals surface area contributed by atoms with Gasteiger partial charge in [-0.25, -0.2) is 4.79 Å². The maximum Gasteiger partial charge on any atom is 0.321 e. The molecule has 2 amide bonds. The fourth-order valence-electron chi connectivity index (χ4n) is 5.62. The topological polar surface area (TPSA) is 46.9 Å². The van der Waals surface area contributed by atoms with Gasteiger partial charge in [0.15, 0.2) is 0 Å². The summed E-state index contributed by atoms with van der Waals surface area (Å²) in [5.41, 5.74) is 6.22. The molecule has 6 rings (SSSR count). The Morgan fingerprint density at radius 3 is 2.11 bits per heavy atom. The molecule has 178 valence electrons. The minimum atomic E-state index is 0.0511. The van der Waals surface area contributed by atoms with Crippen LogP contribution in [0.1, 0.15) is 28.4 Å². The number of para-hydroxylation sites is 1. The van der Waals surface area contributed by atoms with E-state index in [1.165, 1.54) is 27.7 Å². The quantitative estimate of drug-likeness (QED) is 0.390. The number of methoxy groups -OCH3 is 2. The van der Waals surface area contributed by atoms with Crippen molar-refractivity contribution in [3.63, 3.8) is 0 Å². The Balaban J connectivity index is 1.36. The molecule has 35 heavy (non-hydrogen) atoms. The highest BCUT2D eigenvalue weighted by molar-refractivity contribution is 5.88. The largest absolute Gasteiger partial charge is 0.497 e. The Morgan fingerprint density at radius 2 is 1.46 bits per heavy atom. The van der Waals surface area contributed by atoms with E-state index >= 15 is 0 Å². The molecule has 1 fully saturated rings. The van der Waals surface area contributed by atoms with Crippen molar-refractivity contribution >= 4 is 16.9 Å². The van der Waals surface area contributed by atoms with Crippen molar-refractivity contribution in [2.24, 2.45) is 0 Å². The Kier molecular flexibility index (Phi) is 5.36. The average molecular weight is 468 g/mol. The van der Waals surface area contributed by atoms with Crippen LogP contribution in [0.3, 0.4) is 0 Å². The van der Waals surface area contributed by atoms with E-state index in [0.717, 1.165) is 36.6 Å². The fourth-order valence-corrected chi connectivity index (χ4v) is 5.62. The van der Waals surface area contributed by atoms with Gasteiger partial charge in [0.1, 0.15) is 11.5 Å². The number of benzene rings is 3. The monoisotopic (exact) mass is 467 g/mol. The molecule has 0 spiro atoms. The molecule has 0 aliphatic carbocycles. The van der Waals surface area contributed by atoms with Crippen molar-refractivity contribution in [3.8, 4) is 11.5 Å². The summed E-state index contributed by atoms with van der Waals surface area (Å²) in [5.74, 6) is 1.68. The third-order valence-corrected chi connectivity index (χ3v) is 7.36.